The summed E-state index contributed by atoms with van der Waals surface area (Å²) in [6, 6.07) is 5.02. The van der Waals surface area contributed by atoms with Crippen LogP contribution in [0.25, 0.3) is 0 Å². The van der Waals surface area contributed by atoms with Gasteiger partial charge in [0.2, 0.25) is 15.9 Å². The van der Waals surface area contributed by atoms with Crippen LogP contribution in [0.5, 0.6) is 0 Å². The van der Waals surface area contributed by atoms with E-state index in [2.05, 4.69) is 0 Å². The third-order valence-electron chi connectivity index (χ3n) is 10.9. The SMILES string of the molecule is Cc1cc(F)ccc1[C@@H]1CN(S(=O)(=O)C[C@]23CC[C@H](CC2=O)C3(C)C)CC[C@H]1C(=O)N(C)Cc1cc(C(F)(F)F)cc(C(F)(F)F)c1. The average molecular weight is 691 g/mol. The molecular formula is C33H37F7N2O4S. The molecule has 2 aliphatic carbocycles. The van der Waals surface area contributed by atoms with E-state index in [1.807, 2.05) is 13.8 Å². The number of carbonyl (C=O) groups is 2. The van der Waals surface area contributed by atoms with Crippen molar-refractivity contribution in [2.24, 2.45) is 22.7 Å². The summed E-state index contributed by atoms with van der Waals surface area (Å²) >= 11 is 0. The lowest BCUT2D eigenvalue weighted by Crippen LogP contribution is -2.51. The molecule has 2 saturated carbocycles. The van der Waals surface area contributed by atoms with Crippen molar-refractivity contribution in [3.8, 4) is 0 Å². The van der Waals surface area contributed by atoms with Crippen LogP contribution >= 0.6 is 0 Å². The molecule has 5 rings (SSSR count). The van der Waals surface area contributed by atoms with Gasteiger partial charge in [0, 0.05) is 50.4 Å². The fourth-order valence-corrected chi connectivity index (χ4v) is 10.4. The summed E-state index contributed by atoms with van der Waals surface area (Å²) in [6.07, 6.45) is -8.56. The maximum atomic E-state index is 14.1. The van der Waals surface area contributed by atoms with Gasteiger partial charge in [-0.15, -0.1) is 0 Å². The molecule has 6 nitrogen and oxygen atoms in total. The lowest BCUT2D eigenvalue weighted by atomic mass is 9.70. The van der Waals surface area contributed by atoms with Crippen molar-refractivity contribution >= 4 is 21.7 Å². The smallest absolute Gasteiger partial charge is 0.341 e. The van der Waals surface area contributed by atoms with Crippen LogP contribution in [0.1, 0.15) is 73.3 Å². The highest BCUT2D eigenvalue weighted by atomic mass is 32.2. The standard InChI is InChI=1S/C33H37F7N2O4S/c1-19-11-24(34)5-6-25(19)27-17-42(47(45,46)18-31-9-7-21(15-28(31)43)30(31,2)3)10-8-26(27)29(44)41(4)16-20-12-22(32(35,36)37)14-23(13-20)33(38,39)40/h5-6,11-14,21,26-27H,7-10,15-18H2,1-4H3/t21-,26-,27+,31-/m1/s1. The van der Waals surface area contributed by atoms with E-state index < -0.39 is 74.4 Å². The number of rotatable bonds is 7. The highest BCUT2D eigenvalue weighted by molar-refractivity contribution is 7.89. The maximum absolute atomic E-state index is 14.1. The first-order valence-electron chi connectivity index (χ1n) is 15.4. The molecule has 3 fully saturated rings. The lowest BCUT2D eigenvalue weighted by molar-refractivity contribution is -0.143. The minimum atomic E-state index is -5.06. The zero-order valence-corrected chi connectivity index (χ0v) is 27.3. The summed E-state index contributed by atoms with van der Waals surface area (Å²) in [5, 5.41) is 0. The minimum absolute atomic E-state index is 0.00670. The van der Waals surface area contributed by atoms with Crippen LogP contribution in [0, 0.1) is 35.4 Å². The Morgan fingerprint density at radius 3 is 2.13 bits per heavy atom. The van der Waals surface area contributed by atoms with E-state index in [1.165, 1.54) is 29.6 Å². The number of amides is 1. The van der Waals surface area contributed by atoms with Gasteiger partial charge in [0.05, 0.1) is 16.9 Å². The number of nitrogens with zero attached hydrogens (tertiary/aromatic N) is 2. The van der Waals surface area contributed by atoms with Crippen LogP contribution in [-0.2, 0) is 38.5 Å². The molecule has 3 aliphatic rings. The van der Waals surface area contributed by atoms with Crippen LogP contribution in [0.3, 0.4) is 0 Å². The van der Waals surface area contributed by atoms with Gasteiger partial charge in [-0.25, -0.2) is 17.1 Å². The number of benzene rings is 2. The average Bonchev–Trinajstić information content (AvgIpc) is 3.29. The first-order valence-corrected chi connectivity index (χ1v) is 17.0. The van der Waals surface area contributed by atoms with Crippen LogP contribution in [-0.4, -0.2) is 55.2 Å². The fourth-order valence-electron chi connectivity index (χ4n) is 8.10. The number of alkyl halides is 6. The van der Waals surface area contributed by atoms with Crippen LogP contribution in [0.15, 0.2) is 36.4 Å². The molecule has 0 unspecified atom stereocenters. The number of aryl methyl sites for hydroxylation is 1. The Hall–Kier alpha value is -3.00. The summed E-state index contributed by atoms with van der Waals surface area (Å²) in [7, 11) is -2.77. The Labute approximate surface area is 269 Å². The van der Waals surface area contributed by atoms with Crippen molar-refractivity contribution in [1.29, 1.82) is 0 Å². The molecule has 2 bridgehead atoms. The third kappa shape index (κ3) is 6.43. The van der Waals surface area contributed by atoms with Gasteiger partial charge in [-0.3, -0.25) is 9.59 Å². The monoisotopic (exact) mass is 690 g/mol. The number of sulfonamides is 1. The number of Topliss-reactive ketones (excluding diaryl/α,β-unsaturated/α-hetero) is 1. The molecule has 0 aromatic heterocycles. The summed E-state index contributed by atoms with van der Waals surface area (Å²) in [4.78, 5) is 28.0. The van der Waals surface area contributed by atoms with E-state index in [4.69, 9.17) is 0 Å². The van der Waals surface area contributed by atoms with Gasteiger partial charge in [-0.2, -0.15) is 26.3 Å². The van der Waals surface area contributed by atoms with Gasteiger partial charge in [0.1, 0.15) is 11.6 Å². The predicted octanol–water partition coefficient (Wildman–Crippen LogP) is 6.96. The van der Waals surface area contributed by atoms with Gasteiger partial charge >= 0.3 is 12.4 Å². The third-order valence-corrected chi connectivity index (χ3v) is 12.9. The highest BCUT2D eigenvalue weighted by Gasteiger charge is 2.65. The number of hydrogen-bond acceptors (Lipinski definition) is 4. The number of ketones is 1. The topological polar surface area (TPSA) is 74.8 Å². The summed E-state index contributed by atoms with van der Waals surface area (Å²) < 4.78 is 124. The quantitative estimate of drug-likeness (QED) is 0.295. The zero-order chi connectivity index (χ0) is 34.9. The molecule has 0 radical (unpaired) electrons. The van der Waals surface area contributed by atoms with Crippen molar-refractivity contribution in [3.05, 3.63) is 70.0 Å². The Balaban J connectivity index is 1.43. The second kappa shape index (κ2) is 11.9. The Bertz CT molecular complexity index is 1660. The van der Waals surface area contributed by atoms with Crippen molar-refractivity contribution in [2.45, 2.75) is 71.3 Å². The van der Waals surface area contributed by atoms with E-state index in [0.29, 0.717) is 36.1 Å². The summed E-state index contributed by atoms with van der Waals surface area (Å²) in [5.74, 6) is -3.21. The molecule has 1 saturated heterocycles. The van der Waals surface area contributed by atoms with E-state index in [9.17, 15) is 48.7 Å². The molecule has 4 atom stereocenters. The van der Waals surface area contributed by atoms with Crippen molar-refractivity contribution in [3.63, 3.8) is 0 Å². The Kier molecular flexibility index (Phi) is 8.90. The van der Waals surface area contributed by atoms with Gasteiger partial charge < -0.3 is 4.90 Å². The molecular weight excluding hydrogens is 653 g/mol. The van der Waals surface area contributed by atoms with Crippen LogP contribution in [0.4, 0.5) is 30.7 Å². The van der Waals surface area contributed by atoms with Crippen molar-refractivity contribution < 1.29 is 48.7 Å². The predicted molar refractivity (Wildman–Crippen MR) is 159 cm³/mol. The molecule has 14 heteroatoms. The van der Waals surface area contributed by atoms with Crippen molar-refractivity contribution in [2.75, 3.05) is 25.9 Å². The Morgan fingerprint density at radius 1 is 1.00 bits per heavy atom. The zero-order valence-electron chi connectivity index (χ0n) is 26.4. The molecule has 1 aliphatic heterocycles. The molecule has 1 heterocycles. The number of piperidine rings is 1. The van der Waals surface area contributed by atoms with Crippen molar-refractivity contribution in [1.82, 2.24) is 9.21 Å². The Morgan fingerprint density at radius 2 is 1.62 bits per heavy atom. The highest BCUT2D eigenvalue weighted by Crippen LogP contribution is 2.64. The summed E-state index contributed by atoms with van der Waals surface area (Å²) in [6.45, 7) is 4.64. The molecule has 2 aromatic rings. The van der Waals surface area contributed by atoms with Gasteiger partial charge in [0.15, 0.2) is 0 Å². The number of fused-ring (bicyclic) bond motifs is 2. The second-order valence-corrected chi connectivity index (χ2v) is 15.9. The number of halogens is 7. The van der Waals surface area contributed by atoms with E-state index >= 15 is 0 Å². The van der Waals surface area contributed by atoms with Gasteiger partial charge in [0.25, 0.3) is 0 Å². The molecule has 47 heavy (non-hydrogen) atoms. The van der Waals surface area contributed by atoms with Gasteiger partial charge in [-0.05, 0) is 84.5 Å². The minimum Gasteiger partial charge on any atom is -0.341 e. The van der Waals surface area contributed by atoms with Crippen LogP contribution < -0.4 is 0 Å². The second-order valence-electron chi connectivity index (χ2n) is 13.9. The maximum Gasteiger partial charge on any atom is 0.416 e. The van der Waals surface area contributed by atoms with E-state index in [1.54, 1.807) is 6.92 Å². The van der Waals surface area contributed by atoms with E-state index in [0.717, 1.165) is 11.3 Å². The molecule has 0 spiro atoms. The molecule has 0 N–H and O–H groups in total. The molecule has 2 aromatic carbocycles. The molecule has 258 valence electrons. The lowest BCUT2D eigenvalue weighted by Gasteiger charge is -2.42. The van der Waals surface area contributed by atoms with Crippen LogP contribution in [0.2, 0.25) is 0 Å². The largest absolute Gasteiger partial charge is 0.416 e. The number of carbonyl (C=O) groups excluding carboxylic acids is 2. The molecule has 1 amide bonds. The number of hydrogen-bond donors (Lipinski definition) is 0. The first-order chi connectivity index (χ1) is 21.6. The van der Waals surface area contributed by atoms with Gasteiger partial charge in [-0.1, -0.05) is 19.9 Å². The fraction of sp³-hybridized carbons (Fsp3) is 0.576. The van der Waals surface area contributed by atoms with E-state index in [-0.39, 0.29) is 48.6 Å². The first kappa shape index (κ1) is 35.3. The summed E-state index contributed by atoms with van der Waals surface area (Å²) in [5.41, 5.74) is -3.96. The normalized spacial score (nSPS) is 26.5.